The van der Waals surface area contributed by atoms with Gasteiger partial charge in [-0.3, -0.25) is 9.59 Å². The molecule has 0 aliphatic rings. The molecule has 0 spiro atoms. The fourth-order valence-corrected chi connectivity index (χ4v) is 2.05. The van der Waals surface area contributed by atoms with Gasteiger partial charge in [0.05, 0.1) is 11.3 Å². The number of amides is 2. The van der Waals surface area contributed by atoms with E-state index >= 15 is 0 Å². The third-order valence-corrected chi connectivity index (χ3v) is 3.45. The lowest BCUT2D eigenvalue weighted by molar-refractivity contribution is -0.118. The van der Waals surface area contributed by atoms with E-state index in [9.17, 15) is 9.59 Å². The molecule has 6 heteroatoms. The van der Waals surface area contributed by atoms with Gasteiger partial charge in [0.1, 0.15) is 5.75 Å². The van der Waals surface area contributed by atoms with Gasteiger partial charge >= 0.3 is 0 Å². The first-order valence-electron chi connectivity index (χ1n) is 6.55. The summed E-state index contributed by atoms with van der Waals surface area (Å²) in [6, 6.07) is 11.7. The Morgan fingerprint density at radius 1 is 1.18 bits per heavy atom. The van der Waals surface area contributed by atoms with Crippen molar-refractivity contribution in [3.63, 3.8) is 0 Å². The molecule has 0 unspecified atom stereocenters. The van der Waals surface area contributed by atoms with Crippen LogP contribution in [0.1, 0.15) is 15.9 Å². The highest BCUT2D eigenvalue weighted by Crippen LogP contribution is 2.25. The maximum Gasteiger partial charge on any atom is 0.262 e. The second kappa shape index (κ2) is 6.95. The largest absolute Gasteiger partial charge is 0.483 e. The number of carbonyl (C=O) groups is 2. The maximum absolute atomic E-state index is 11.9. The summed E-state index contributed by atoms with van der Waals surface area (Å²) in [6.07, 6.45) is 0. The minimum atomic E-state index is -0.609. The van der Waals surface area contributed by atoms with E-state index in [1.807, 2.05) is 0 Å². The standard InChI is InChI=1S/C16H15ClN2O3/c1-10-12(17)6-4-8-14(10)22-9-15(20)19-13-7-3-2-5-11(13)16(18)21/h2-8H,9H2,1H3,(H2,18,21)(H,19,20). The van der Waals surface area contributed by atoms with Crippen molar-refractivity contribution in [3.05, 3.63) is 58.6 Å². The van der Waals surface area contributed by atoms with Crippen LogP contribution in [0.3, 0.4) is 0 Å². The molecule has 2 aromatic rings. The Bertz CT molecular complexity index is 716. The van der Waals surface area contributed by atoms with Gasteiger partial charge in [-0.05, 0) is 31.2 Å². The molecule has 0 heterocycles. The number of anilines is 1. The molecular weight excluding hydrogens is 304 g/mol. The number of primary amides is 1. The van der Waals surface area contributed by atoms with Crippen LogP contribution in [0.15, 0.2) is 42.5 Å². The summed E-state index contributed by atoms with van der Waals surface area (Å²) in [5.41, 5.74) is 6.61. The van der Waals surface area contributed by atoms with Crippen LogP contribution in [-0.2, 0) is 4.79 Å². The quantitative estimate of drug-likeness (QED) is 0.889. The zero-order valence-corrected chi connectivity index (χ0v) is 12.7. The molecular formula is C16H15ClN2O3. The number of hydrogen-bond acceptors (Lipinski definition) is 3. The molecule has 0 aliphatic carbocycles. The molecule has 0 atom stereocenters. The molecule has 2 aromatic carbocycles. The third kappa shape index (κ3) is 3.77. The van der Waals surface area contributed by atoms with Gasteiger partial charge in [0.15, 0.2) is 6.61 Å². The Morgan fingerprint density at radius 2 is 1.91 bits per heavy atom. The molecule has 2 rings (SSSR count). The number of nitrogens with one attached hydrogen (secondary N) is 1. The summed E-state index contributed by atoms with van der Waals surface area (Å²) in [6.45, 7) is 1.60. The summed E-state index contributed by atoms with van der Waals surface area (Å²) in [7, 11) is 0. The summed E-state index contributed by atoms with van der Waals surface area (Å²) in [5, 5.41) is 3.17. The Hall–Kier alpha value is -2.53. The van der Waals surface area contributed by atoms with Gasteiger partial charge in [0, 0.05) is 10.6 Å². The van der Waals surface area contributed by atoms with Crippen LogP contribution in [0.25, 0.3) is 0 Å². The Kier molecular flexibility index (Phi) is 5.01. The molecule has 0 bridgehead atoms. The number of ether oxygens (including phenoxy) is 1. The fourth-order valence-electron chi connectivity index (χ4n) is 1.88. The highest BCUT2D eigenvalue weighted by molar-refractivity contribution is 6.31. The van der Waals surface area contributed by atoms with Gasteiger partial charge in [0.2, 0.25) is 0 Å². The number of hydrogen-bond donors (Lipinski definition) is 2. The van der Waals surface area contributed by atoms with Crippen molar-refractivity contribution in [1.29, 1.82) is 0 Å². The van der Waals surface area contributed by atoms with Crippen LogP contribution < -0.4 is 15.8 Å². The van der Waals surface area contributed by atoms with E-state index < -0.39 is 11.8 Å². The van der Waals surface area contributed by atoms with Gasteiger partial charge in [-0.1, -0.05) is 29.8 Å². The van der Waals surface area contributed by atoms with Gasteiger partial charge in [-0.25, -0.2) is 0 Å². The lowest BCUT2D eigenvalue weighted by Gasteiger charge is -2.11. The van der Waals surface area contributed by atoms with E-state index in [1.165, 1.54) is 0 Å². The van der Waals surface area contributed by atoms with Crippen LogP contribution in [0.2, 0.25) is 5.02 Å². The molecule has 3 N–H and O–H groups in total. The summed E-state index contributed by atoms with van der Waals surface area (Å²) < 4.78 is 5.44. The van der Waals surface area contributed by atoms with E-state index in [4.69, 9.17) is 22.1 Å². The fraction of sp³-hybridized carbons (Fsp3) is 0.125. The average Bonchev–Trinajstić information content (AvgIpc) is 2.49. The topological polar surface area (TPSA) is 81.4 Å². The lowest BCUT2D eigenvalue weighted by atomic mass is 10.1. The van der Waals surface area contributed by atoms with Crippen molar-refractivity contribution in [3.8, 4) is 5.75 Å². The van der Waals surface area contributed by atoms with E-state index in [-0.39, 0.29) is 12.2 Å². The number of rotatable bonds is 5. The van der Waals surface area contributed by atoms with Crippen molar-refractivity contribution in [2.45, 2.75) is 6.92 Å². The van der Waals surface area contributed by atoms with Crippen molar-refractivity contribution < 1.29 is 14.3 Å². The Balaban J connectivity index is 2.02. The molecule has 0 radical (unpaired) electrons. The van der Waals surface area contributed by atoms with Gasteiger partial charge < -0.3 is 15.8 Å². The van der Waals surface area contributed by atoms with Crippen LogP contribution in [-0.4, -0.2) is 18.4 Å². The lowest BCUT2D eigenvalue weighted by Crippen LogP contribution is -2.23. The van der Waals surface area contributed by atoms with Crippen molar-refractivity contribution in [1.82, 2.24) is 0 Å². The zero-order chi connectivity index (χ0) is 16.1. The van der Waals surface area contributed by atoms with Crippen LogP contribution in [0, 0.1) is 6.92 Å². The SMILES string of the molecule is Cc1c(Cl)cccc1OCC(=O)Nc1ccccc1C(N)=O. The van der Waals surface area contributed by atoms with Gasteiger partial charge in [0.25, 0.3) is 11.8 Å². The predicted molar refractivity (Wildman–Crippen MR) is 85.3 cm³/mol. The normalized spacial score (nSPS) is 10.1. The minimum Gasteiger partial charge on any atom is -0.483 e. The zero-order valence-electron chi connectivity index (χ0n) is 11.9. The molecule has 0 aliphatic heterocycles. The van der Waals surface area contributed by atoms with Gasteiger partial charge in [-0.15, -0.1) is 0 Å². The smallest absolute Gasteiger partial charge is 0.262 e. The second-order valence-corrected chi connectivity index (χ2v) is 5.02. The van der Waals surface area contributed by atoms with Crippen molar-refractivity contribution in [2.24, 2.45) is 5.73 Å². The number of benzene rings is 2. The average molecular weight is 319 g/mol. The molecule has 114 valence electrons. The molecule has 0 saturated carbocycles. The first-order valence-corrected chi connectivity index (χ1v) is 6.93. The van der Waals surface area contributed by atoms with Crippen molar-refractivity contribution >= 4 is 29.1 Å². The molecule has 22 heavy (non-hydrogen) atoms. The summed E-state index contributed by atoms with van der Waals surface area (Å²) in [4.78, 5) is 23.2. The number of para-hydroxylation sites is 1. The number of carbonyl (C=O) groups excluding carboxylic acids is 2. The molecule has 0 saturated heterocycles. The van der Waals surface area contributed by atoms with Crippen LogP contribution in [0.5, 0.6) is 5.75 Å². The first-order chi connectivity index (χ1) is 10.5. The summed E-state index contributed by atoms with van der Waals surface area (Å²) >= 11 is 5.98. The van der Waals surface area contributed by atoms with Crippen LogP contribution >= 0.6 is 11.6 Å². The Morgan fingerprint density at radius 3 is 2.64 bits per heavy atom. The number of nitrogens with two attached hydrogens (primary N) is 1. The predicted octanol–water partition coefficient (Wildman–Crippen LogP) is 2.76. The van der Waals surface area contributed by atoms with E-state index in [0.717, 1.165) is 5.56 Å². The first kappa shape index (κ1) is 15.9. The molecule has 5 nitrogen and oxygen atoms in total. The molecule has 2 amide bonds. The number of halogens is 1. The van der Waals surface area contributed by atoms with E-state index in [1.54, 1.807) is 49.4 Å². The summed E-state index contributed by atoms with van der Waals surface area (Å²) in [5.74, 6) is -0.471. The monoisotopic (exact) mass is 318 g/mol. The molecule has 0 fully saturated rings. The van der Waals surface area contributed by atoms with E-state index in [2.05, 4.69) is 5.32 Å². The third-order valence-electron chi connectivity index (χ3n) is 3.04. The van der Waals surface area contributed by atoms with E-state index in [0.29, 0.717) is 16.5 Å². The van der Waals surface area contributed by atoms with Crippen molar-refractivity contribution in [2.75, 3.05) is 11.9 Å². The van der Waals surface area contributed by atoms with Gasteiger partial charge in [-0.2, -0.15) is 0 Å². The second-order valence-electron chi connectivity index (χ2n) is 4.61. The minimum absolute atomic E-state index is 0.200. The highest BCUT2D eigenvalue weighted by Gasteiger charge is 2.11. The molecule has 0 aromatic heterocycles. The maximum atomic E-state index is 11.9. The Labute approximate surface area is 133 Å². The van der Waals surface area contributed by atoms with Crippen LogP contribution in [0.4, 0.5) is 5.69 Å². The highest BCUT2D eigenvalue weighted by atomic mass is 35.5.